The van der Waals surface area contributed by atoms with Crippen molar-refractivity contribution in [1.29, 1.82) is 0 Å². The Hall–Kier alpha value is -3.72. The minimum Gasteiger partial charge on any atom is -0.391 e. The van der Waals surface area contributed by atoms with Gasteiger partial charge in [-0.15, -0.1) is 0 Å². The lowest BCUT2D eigenvalue weighted by Crippen LogP contribution is -2.51. The van der Waals surface area contributed by atoms with E-state index in [2.05, 4.69) is 16.0 Å². The normalized spacial score (nSPS) is 13.9. The summed E-state index contributed by atoms with van der Waals surface area (Å²) < 4.78 is 0. The van der Waals surface area contributed by atoms with E-state index >= 15 is 0 Å². The number of benzene rings is 2. The smallest absolute Gasteiger partial charge is 0.253 e. The van der Waals surface area contributed by atoms with Gasteiger partial charge < -0.3 is 26.0 Å². The van der Waals surface area contributed by atoms with E-state index < -0.39 is 24.1 Å². The Labute approximate surface area is 269 Å². The standard InChI is InChI=1S/C36H54N4O5/c1-8-18-40(19-9-2)36(45)29-17-13-16-28(22-29)34(43)38-30(20-24(3)4)31(41)21-26(7)33(42)39-32(25(5)6)35(44)37-23-27-14-11-10-12-15-27/h10-17,22,24-26,30-32,41H,8-9,18-21,23H2,1-7H3,(H,37,44)(H,38,43)(H,39,42)/t26-,30+,31+,32+/m1/s1. The van der Waals surface area contributed by atoms with Crippen LogP contribution in [0.5, 0.6) is 0 Å². The number of rotatable bonds is 18. The molecular weight excluding hydrogens is 568 g/mol. The molecular formula is C36H54N4O5. The summed E-state index contributed by atoms with van der Waals surface area (Å²) in [6.45, 7) is 15.1. The number of nitrogens with one attached hydrogen (secondary N) is 3. The third-order valence-electron chi connectivity index (χ3n) is 7.75. The summed E-state index contributed by atoms with van der Waals surface area (Å²) in [5.74, 6) is -1.70. The van der Waals surface area contributed by atoms with E-state index in [4.69, 9.17) is 0 Å². The third kappa shape index (κ3) is 12.3. The summed E-state index contributed by atoms with van der Waals surface area (Å²) in [5, 5.41) is 19.9. The highest BCUT2D eigenvalue weighted by Gasteiger charge is 2.30. The zero-order valence-electron chi connectivity index (χ0n) is 28.1. The monoisotopic (exact) mass is 622 g/mol. The molecule has 0 aliphatic heterocycles. The van der Waals surface area contributed by atoms with E-state index in [1.54, 1.807) is 36.1 Å². The van der Waals surface area contributed by atoms with Crippen LogP contribution in [0.3, 0.4) is 0 Å². The fraction of sp³-hybridized carbons (Fsp3) is 0.556. The number of aliphatic hydroxyl groups is 1. The first-order valence-corrected chi connectivity index (χ1v) is 16.4. The minimum atomic E-state index is -1.00. The molecule has 0 aliphatic carbocycles. The molecule has 2 rings (SSSR count). The molecule has 0 saturated carbocycles. The molecule has 0 spiro atoms. The highest BCUT2D eigenvalue weighted by molar-refractivity contribution is 5.99. The number of nitrogens with zero attached hydrogens (tertiary/aromatic N) is 1. The van der Waals surface area contributed by atoms with Crippen molar-refractivity contribution in [2.45, 2.75) is 98.9 Å². The predicted molar refractivity (Wildman–Crippen MR) is 178 cm³/mol. The van der Waals surface area contributed by atoms with Crippen LogP contribution in [0.15, 0.2) is 54.6 Å². The van der Waals surface area contributed by atoms with Gasteiger partial charge in [-0.2, -0.15) is 0 Å². The van der Waals surface area contributed by atoms with Crippen LogP contribution in [0.2, 0.25) is 0 Å². The van der Waals surface area contributed by atoms with Crippen molar-refractivity contribution in [3.05, 3.63) is 71.3 Å². The minimum absolute atomic E-state index is 0.0987. The lowest BCUT2D eigenvalue weighted by Gasteiger charge is -2.29. The summed E-state index contributed by atoms with van der Waals surface area (Å²) in [6.07, 6.45) is 1.28. The van der Waals surface area contributed by atoms with Crippen molar-refractivity contribution in [2.75, 3.05) is 13.1 Å². The molecule has 0 bridgehead atoms. The Bertz CT molecular complexity index is 1230. The lowest BCUT2D eigenvalue weighted by atomic mass is 9.91. The maximum atomic E-state index is 13.3. The first-order chi connectivity index (χ1) is 21.4. The largest absolute Gasteiger partial charge is 0.391 e. The van der Waals surface area contributed by atoms with E-state index in [0.29, 0.717) is 37.2 Å². The average molecular weight is 623 g/mol. The van der Waals surface area contributed by atoms with Crippen LogP contribution in [-0.2, 0) is 16.1 Å². The molecule has 4 atom stereocenters. The zero-order valence-corrected chi connectivity index (χ0v) is 28.1. The van der Waals surface area contributed by atoms with Crippen molar-refractivity contribution in [3.63, 3.8) is 0 Å². The summed E-state index contributed by atoms with van der Waals surface area (Å²) in [6, 6.07) is 14.9. The van der Waals surface area contributed by atoms with Crippen LogP contribution in [0.25, 0.3) is 0 Å². The highest BCUT2D eigenvalue weighted by atomic mass is 16.3. The third-order valence-corrected chi connectivity index (χ3v) is 7.75. The molecule has 4 amide bonds. The number of hydrogen-bond acceptors (Lipinski definition) is 5. The summed E-state index contributed by atoms with van der Waals surface area (Å²) in [7, 11) is 0. The molecule has 0 unspecified atom stereocenters. The van der Waals surface area contributed by atoms with E-state index in [-0.39, 0.29) is 41.9 Å². The van der Waals surface area contributed by atoms with Gasteiger partial charge in [0.25, 0.3) is 11.8 Å². The van der Waals surface area contributed by atoms with Crippen molar-refractivity contribution in [2.24, 2.45) is 17.8 Å². The van der Waals surface area contributed by atoms with Gasteiger partial charge >= 0.3 is 0 Å². The molecule has 0 heterocycles. The molecule has 2 aromatic carbocycles. The van der Waals surface area contributed by atoms with Crippen LogP contribution in [0, 0.1) is 17.8 Å². The van der Waals surface area contributed by atoms with Gasteiger partial charge in [-0.1, -0.05) is 84.9 Å². The number of aliphatic hydroxyl groups excluding tert-OH is 1. The van der Waals surface area contributed by atoms with Gasteiger partial charge in [0.2, 0.25) is 11.8 Å². The number of carbonyl (C=O) groups excluding carboxylic acids is 4. The molecule has 9 heteroatoms. The van der Waals surface area contributed by atoms with Gasteiger partial charge in [0.05, 0.1) is 12.1 Å². The molecule has 0 aromatic heterocycles. The molecule has 4 N–H and O–H groups in total. The molecule has 0 aliphatic rings. The van der Waals surface area contributed by atoms with Crippen LogP contribution < -0.4 is 16.0 Å². The quantitative estimate of drug-likeness (QED) is 0.187. The van der Waals surface area contributed by atoms with Gasteiger partial charge in [0.15, 0.2) is 0 Å². The topological polar surface area (TPSA) is 128 Å². The number of carbonyl (C=O) groups is 4. The second-order valence-corrected chi connectivity index (χ2v) is 12.7. The SMILES string of the molecule is CCCN(CCC)C(=O)c1cccc(C(=O)N[C@@H](CC(C)C)[C@@H](O)C[C@@H](C)C(=O)N[C@H](C(=O)NCc2ccccc2)C(C)C)c1. The van der Waals surface area contributed by atoms with Crippen molar-refractivity contribution in [3.8, 4) is 0 Å². The van der Waals surface area contributed by atoms with E-state index in [1.165, 1.54) is 0 Å². The van der Waals surface area contributed by atoms with Crippen LogP contribution in [0.1, 0.15) is 100 Å². The van der Waals surface area contributed by atoms with E-state index in [9.17, 15) is 24.3 Å². The van der Waals surface area contributed by atoms with Crippen molar-refractivity contribution >= 4 is 23.6 Å². The Balaban J connectivity index is 2.07. The van der Waals surface area contributed by atoms with E-state index in [0.717, 1.165) is 18.4 Å². The van der Waals surface area contributed by atoms with Gasteiger partial charge in [-0.05, 0) is 61.3 Å². The summed E-state index contributed by atoms with van der Waals surface area (Å²) in [4.78, 5) is 54.4. The van der Waals surface area contributed by atoms with Gasteiger partial charge in [-0.25, -0.2) is 0 Å². The van der Waals surface area contributed by atoms with Gasteiger partial charge in [0, 0.05) is 36.7 Å². The molecule has 2 aromatic rings. The maximum Gasteiger partial charge on any atom is 0.253 e. The first-order valence-electron chi connectivity index (χ1n) is 16.4. The lowest BCUT2D eigenvalue weighted by molar-refractivity contribution is -0.132. The fourth-order valence-electron chi connectivity index (χ4n) is 5.26. The fourth-order valence-corrected chi connectivity index (χ4v) is 5.26. The predicted octanol–water partition coefficient (Wildman–Crippen LogP) is 4.94. The Morgan fingerprint density at radius 2 is 1.40 bits per heavy atom. The Kier molecular flexibility index (Phi) is 15.8. The second-order valence-electron chi connectivity index (χ2n) is 12.7. The number of hydrogen-bond donors (Lipinski definition) is 4. The number of amides is 4. The van der Waals surface area contributed by atoms with Crippen LogP contribution in [0.4, 0.5) is 0 Å². The Morgan fingerprint density at radius 3 is 1.98 bits per heavy atom. The van der Waals surface area contributed by atoms with Crippen LogP contribution in [-0.4, -0.2) is 64.9 Å². The van der Waals surface area contributed by atoms with Crippen molar-refractivity contribution < 1.29 is 24.3 Å². The highest BCUT2D eigenvalue weighted by Crippen LogP contribution is 2.18. The zero-order chi connectivity index (χ0) is 33.5. The van der Waals surface area contributed by atoms with E-state index in [1.807, 2.05) is 71.9 Å². The molecule has 248 valence electrons. The maximum absolute atomic E-state index is 13.3. The summed E-state index contributed by atoms with van der Waals surface area (Å²) in [5.41, 5.74) is 1.74. The molecule has 0 radical (unpaired) electrons. The van der Waals surface area contributed by atoms with Crippen molar-refractivity contribution in [1.82, 2.24) is 20.9 Å². The van der Waals surface area contributed by atoms with Crippen LogP contribution >= 0.6 is 0 Å². The summed E-state index contributed by atoms with van der Waals surface area (Å²) >= 11 is 0. The average Bonchev–Trinajstić information content (AvgIpc) is 3.01. The van der Waals surface area contributed by atoms with Gasteiger partial charge in [0.1, 0.15) is 6.04 Å². The van der Waals surface area contributed by atoms with Gasteiger partial charge in [-0.3, -0.25) is 19.2 Å². The first kappa shape index (κ1) is 37.5. The molecule has 9 nitrogen and oxygen atoms in total. The molecule has 0 fully saturated rings. The molecule has 0 saturated heterocycles. The second kappa shape index (κ2) is 18.9. The Morgan fingerprint density at radius 1 is 0.778 bits per heavy atom. The molecule has 45 heavy (non-hydrogen) atoms.